The molecule has 0 fully saturated rings. The fraction of sp³-hybridized carbons (Fsp3) is 0.447. The molecular formula is C38H52N8O7S2. The number of imidazole rings is 1. The summed E-state index contributed by atoms with van der Waals surface area (Å²) in [5.74, 6) is -4.06. The van der Waals surface area contributed by atoms with Crippen LogP contribution in [-0.2, 0) is 48.0 Å². The van der Waals surface area contributed by atoms with Crippen LogP contribution in [0.4, 0.5) is 0 Å². The molecule has 55 heavy (non-hydrogen) atoms. The fourth-order valence-corrected chi connectivity index (χ4v) is 6.32. The van der Waals surface area contributed by atoms with E-state index in [4.69, 9.17) is 5.73 Å². The van der Waals surface area contributed by atoms with Gasteiger partial charge in [-0.2, -0.15) is 24.4 Å². The van der Waals surface area contributed by atoms with Crippen molar-refractivity contribution in [2.45, 2.75) is 82.2 Å². The Labute approximate surface area is 330 Å². The maximum atomic E-state index is 14.0. The van der Waals surface area contributed by atoms with Crippen molar-refractivity contribution in [1.82, 2.24) is 36.6 Å². The number of rotatable bonds is 23. The molecule has 0 aliphatic heterocycles. The van der Waals surface area contributed by atoms with Crippen molar-refractivity contribution in [2.24, 2.45) is 11.7 Å². The first-order valence-electron chi connectivity index (χ1n) is 18.0. The fourth-order valence-electron chi connectivity index (χ4n) is 5.58. The molecule has 0 unspecified atom stereocenters. The first kappa shape index (κ1) is 44.5. The molecule has 0 aliphatic rings. The minimum atomic E-state index is -1.29. The number of aliphatic carboxylic acids is 1. The topological polar surface area (TPSA) is 237 Å². The van der Waals surface area contributed by atoms with Gasteiger partial charge in [-0.1, -0.05) is 74.5 Å². The maximum absolute atomic E-state index is 14.0. The Hall–Kier alpha value is -4.87. The van der Waals surface area contributed by atoms with Crippen LogP contribution in [0, 0.1) is 5.92 Å². The Kier molecular flexibility index (Phi) is 18.7. The summed E-state index contributed by atoms with van der Waals surface area (Å²) in [5.41, 5.74) is 7.91. The van der Waals surface area contributed by atoms with Crippen LogP contribution in [0.2, 0.25) is 0 Å². The molecule has 0 bridgehead atoms. The van der Waals surface area contributed by atoms with Crippen molar-refractivity contribution < 1.29 is 33.9 Å². The molecule has 0 spiro atoms. The lowest BCUT2D eigenvalue weighted by molar-refractivity contribution is -0.142. The molecule has 2 aromatic carbocycles. The van der Waals surface area contributed by atoms with Crippen LogP contribution < -0.4 is 32.3 Å². The van der Waals surface area contributed by atoms with Gasteiger partial charge in [0.15, 0.2) is 0 Å². The molecule has 1 heterocycles. The Morgan fingerprint density at radius 1 is 0.727 bits per heavy atom. The van der Waals surface area contributed by atoms with Gasteiger partial charge in [0.2, 0.25) is 29.5 Å². The molecule has 17 heteroatoms. The van der Waals surface area contributed by atoms with Crippen LogP contribution in [0.5, 0.6) is 0 Å². The lowest BCUT2D eigenvalue weighted by atomic mass is 10.0. The van der Waals surface area contributed by atoms with Gasteiger partial charge in [-0.25, -0.2) is 9.78 Å². The summed E-state index contributed by atoms with van der Waals surface area (Å²) in [5, 5.41) is 23.3. The van der Waals surface area contributed by atoms with Crippen molar-refractivity contribution in [3.05, 3.63) is 90.0 Å². The van der Waals surface area contributed by atoms with Crippen LogP contribution in [-0.4, -0.2) is 105 Å². The maximum Gasteiger partial charge on any atom is 0.326 e. The van der Waals surface area contributed by atoms with Gasteiger partial charge in [0.1, 0.15) is 30.2 Å². The number of hydrogen-bond acceptors (Lipinski definition) is 10. The second-order valence-corrected chi connectivity index (χ2v) is 14.9. The van der Waals surface area contributed by atoms with E-state index in [0.29, 0.717) is 29.0 Å². The number of amides is 5. The average molecular weight is 797 g/mol. The van der Waals surface area contributed by atoms with Gasteiger partial charge in [-0.05, 0) is 41.9 Å². The highest BCUT2D eigenvalue weighted by atomic mass is 32.2. The van der Waals surface area contributed by atoms with Crippen molar-refractivity contribution in [2.75, 3.05) is 17.8 Å². The molecule has 15 nitrogen and oxygen atoms in total. The predicted molar refractivity (Wildman–Crippen MR) is 214 cm³/mol. The first-order valence-corrected chi connectivity index (χ1v) is 20.0. The highest BCUT2D eigenvalue weighted by molar-refractivity contribution is 7.98. The molecule has 3 aromatic rings. The number of H-pyrrole nitrogens is 1. The minimum Gasteiger partial charge on any atom is -0.480 e. The van der Waals surface area contributed by atoms with Crippen LogP contribution in [0.15, 0.2) is 73.2 Å². The zero-order valence-corrected chi connectivity index (χ0v) is 32.9. The Balaban J connectivity index is 1.81. The quantitative estimate of drug-likeness (QED) is 0.0618. The monoisotopic (exact) mass is 796 g/mol. The number of aromatic amines is 1. The molecule has 1 aromatic heterocycles. The van der Waals surface area contributed by atoms with E-state index in [2.05, 4.69) is 49.2 Å². The van der Waals surface area contributed by atoms with Crippen LogP contribution >= 0.6 is 24.4 Å². The number of nitrogens with zero attached hydrogens (tertiary/aromatic N) is 1. The van der Waals surface area contributed by atoms with E-state index in [-0.39, 0.29) is 37.4 Å². The molecule has 5 amide bonds. The molecule has 0 radical (unpaired) electrons. The molecule has 9 N–H and O–H groups in total. The number of nitrogens with two attached hydrogens (primary N) is 1. The van der Waals surface area contributed by atoms with Crippen molar-refractivity contribution in [3.8, 4) is 0 Å². The van der Waals surface area contributed by atoms with Gasteiger partial charge in [0, 0.05) is 36.9 Å². The van der Waals surface area contributed by atoms with E-state index < -0.39 is 71.8 Å². The largest absolute Gasteiger partial charge is 0.480 e. The molecule has 0 saturated carbocycles. The lowest BCUT2D eigenvalue weighted by Gasteiger charge is -2.27. The van der Waals surface area contributed by atoms with E-state index in [1.54, 1.807) is 72.4 Å². The second kappa shape index (κ2) is 23.1. The summed E-state index contributed by atoms with van der Waals surface area (Å²) in [6.07, 6.45) is 5.43. The summed E-state index contributed by atoms with van der Waals surface area (Å²) in [6, 6.07) is 10.9. The number of hydrogen-bond donors (Lipinski definition) is 9. The van der Waals surface area contributed by atoms with Crippen molar-refractivity contribution in [1.29, 1.82) is 0 Å². The van der Waals surface area contributed by atoms with Crippen LogP contribution in [0.1, 0.15) is 43.5 Å². The summed E-state index contributed by atoms with van der Waals surface area (Å²) in [6.45, 7) is 3.77. The van der Waals surface area contributed by atoms with Crippen molar-refractivity contribution >= 4 is 59.9 Å². The molecule has 298 valence electrons. The SMILES string of the molecule is CSCC[C@H](N)C(=O)N[C@@H](CC(C)C)C(=O)N[C@@H](CS)C(=O)N[C@@H](Cc1cnc[nH]1)C(=O)N[C@@H](Cc1ccccc1)C(=O)N[C@@H](Cc1ccccc1)C(=O)O. The number of carbonyl (C=O) groups is 6. The van der Waals surface area contributed by atoms with E-state index in [1.165, 1.54) is 12.5 Å². The van der Waals surface area contributed by atoms with Crippen LogP contribution in [0.25, 0.3) is 0 Å². The van der Waals surface area contributed by atoms with Gasteiger partial charge in [-0.15, -0.1) is 0 Å². The van der Waals surface area contributed by atoms with E-state index in [9.17, 15) is 33.9 Å². The number of thioether (sulfide) groups is 1. The van der Waals surface area contributed by atoms with Crippen LogP contribution in [0.3, 0.4) is 0 Å². The third kappa shape index (κ3) is 15.4. The molecule has 0 aliphatic carbocycles. The van der Waals surface area contributed by atoms with Gasteiger partial charge >= 0.3 is 5.97 Å². The Morgan fingerprint density at radius 3 is 1.69 bits per heavy atom. The standard InChI is InChI=1S/C38H52N8O7S2/c1-23(2)16-28(42-33(47)27(39)14-15-55-3)34(48)46-32(21-54)37(51)44-30(19-26-20-40-22-41-26)36(50)43-29(17-24-10-6-4-7-11-24)35(49)45-31(38(52)53)18-25-12-8-5-9-13-25/h4-13,20,22-23,27-32,54H,14-19,21,39H2,1-3H3,(H,40,41)(H,42,47)(H,43,50)(H,44,51)(H,45,49)(H,46,48)(H,52,53)/t27-,28-,29-,30-,31-,32-/m0/s1. The highest BCUT2D eigenvalue weighted by Gasteiger charge is 2.33. The number of nitrogens with one attached hydrogen (secondary N) is 6. The number of carboxylic acid groups (broad SMARTS) is 1. The van der Waals surface area contributed by atoms with E-state index >= 15 is 0 Å². The normalized spacial score (nSPS) is 14.4. The Morgan fingerprint density at radius 2 is 1.20 bits per heavy atom. The summed E-state index contributed by atoms with van der Waals surface area (Å²) in [4.78, 5) is 86.9. The average Bonchev–Trinajstić information content (AvgIpc) is 3.68. The molecule has 3 rings (SSSR count). The van der Waals surface area contributed by atoms with Gasteiger partial charge in [-0.3, -0.25) is 24.0 Å². The summed E-state index contributed by atoms with van der Waals surface area (Å²) < 4.78 is 0. The lowest BCUT2D eigenvalue weighted by Crippen LogP contribution is -2.60. The smallest absolute Gasteiger partial charge is 0.326 e. The number of benzene rings is 2. The summed E-state index contributed by atoms with van der Waals surface area (Å²) in [7, 11) is 0. The van der Waals surface area contributed by atoms with Crippen molar-refractivity contribution in [3.63, 3.8) is 0 Å². The number of aromatic nitrogens is 2. The zero-order valence-electron chi connectivity index (χ0n) is 31.2. The van der Waals surface area contributed by atoms with E-state index in [0.717, 1.165) is 0 Å². The van der Waals surface area contributed by atoms with E-state index in [1.807, 2.05) is 20.1 Å². The van der Waals surface area contributed by atoms with Gasteiger partial charge < -0.3 is 42.4 Å². The molecule has 6 atom stereocenters. The molecular weight excluding hydrogens is 745 g/mol. The molecule has 0 saturated heterocycles. The highest BCUT2D eigenvalue weighted by Crippen LogP contribution is 2.10. The first-order chi connectivity index (χ1) is 26.3. The minimum absolute atomic E-state index is 0.00869. The third-order valence-corrected chi connectivity index (χ3v) is 9.56. The van der Waals surface area contributed by atoms with Gasteiger partial charge in [0.05, 0.1) is 12.4 Å². The number of carbonyl (C=O) groups excluding carboxylic acids is 5. The number of carboxylic acids is 1. The second-order valence-electron chi connectivity index (χ2n) is 13.5. The zero-order chi connectivity index (χ0) is 40.3. The Bertz CT molecular complexity index is 1680. The summed E-state index contributed by atoms with van der Waals surface area (Å²) >= 11 is 5.84. The van der Waals surface area contributed by atoms with Gasteiger partial charge in [0.25, 0.3) is 0 Å². The predicted octanol–water partition coefficient (Wildman–Crippen LogP) is 1.00. The third-order valence-electron chi connectivity index (χ3n) is 8.55. The number of thiol groups is 1.